The van der Waals surface area contributed by atoms with Crippen LogP contribution in [0.15, 0.2) is 30.5 Å². The molecule has 0 bridgehead atoms. The van der Waals surface area contributed by atoms with Crippen LogP contribution in [0.3, 0.4) is 0 Å². The fraction of sp³-hybridized carbons (Fsp3) is 0.500. The van der Waals surface area contributed by atoms with Crippen molar-refractivity contribution in [1.82, 2.24) is 25.2 Å². The van der Waals surface area contributed by atoms with Gasteiger partial charge < -0.3 is 19.7 Å². The third kappa shape index (κ3) is 5.46. The van der Waals surface area contributed by atoms with Crippen LogP contribution in [0.1, 0.15) is 30.8 Å². The molecule has 10 heteroatoms. The molecule has 0 aliphatic carbocycles. The van der Waals surface area contributed by atoms with E-state index in [-0.39, 0.29) is 49.7 Å². The Labute approximate surface area is 174 Å². The molecule has 1 N–H and O–H groups in total. The molecule has 0 spiro atoms. The number of alkyl halides is 1. The average molecular weight is 419 g/mol. The minimum Gasteiger partial charge on any atom is -0.497 e. The van der Waals surface area contributed by atoms with E-state index < -0.39 is 12.2 Å². The first kappa shape index (κ1) is 21.5. The van der Waals surface area contributed by atoms with Crippen molar-refractivity contribution in [3.63, 3.8) is 0 Å². The minimum atomic E-state index is -1.12. The number of carbonyl (C=O) groups excluding carboxylic acids is 2. The predicted octanol–water partition coefficient (Wildman–Crippen LogP) is 1.44. The zero-order valence-corrected chi connectivity index (χ0v) is 17.2. The van der Waals surface area contributed by atoms with Crippen LogP contribution >= 0.6 is 0 Å². The van der Waals surface area contributed by atoms with E-state index in [4.69, 9.17) is 9.47 Å². The summed E-state index contributed by atoms with van der Waals surface area (Å²) in [6.07, 6.45) is 0.578. The molecule has 2 atom stereocenters. The van der Waals surface area contributed by atoms with Crippen LogP contribution in [-0.2, 0) is 11.3 Å². The highest BCUT2D eigenvalue weighted by molar-refractivity contribution is 5.92. The first-order valence-corrected chi connectivity index (χ1v) is 9.77. The monoisotopic (exact) mass is 419 g/mol. The average Bonchev–Trinajstić information content (AvgIpc) is 3.33. The number of likely N-dealkylation sites (tertiary alicyclic amines) is 1. The van der Waals surface area contributed by atoms with Gasteiger partial charge in [-0.1, -0.05) is 5.21 Å². The highest BCUT2D eigenvalue weighted by Gasteiger charge is 2.36. The summed E-state index contributed by atoms with van der Waals surface area (Å²) in [5.41, 5.74) is 0.180. The van der Waals surface area contributed by atoms with E-state index in [0.29, 0.717) is 11.5 Å². The van der Waals surface area contributed by atoms with E-state index in [1.807, 2.05) is 13.8 Å². The fourth-order valence-electron chi connectivity index (χ4n) is 3.28. The number of benzene rings is 1. The zero-order chi connectivity index (χ0) is 21.7. The van der Waals surface area contributed by atoms with E-state index in [0.717, 1.165) is 0 Å². The maximum absolute atomic E-state index is 14.1. The third-order valence-corrected chi connectivity index (χ3v) is 4.69. The third-order valence-electron chi connectivity index (χ3n) is 4.69. The molecular weight excluding hydrogens is 393 g/mol. The Hall–Kier alpha value is -3.17. The number of aromatic nitrogens is 3. The van der Waals surface area contributed by atoms with Crippen LogP contribution in [-0.4, -0.2) is 70.2 Å². The second-order valence-corrected chi connectivity index (χ2v) is 7.45. The van der Waals surface area contributed by atoms with Gasteiger partial charge in [0.15, 0.2) is 12.3 Å². The van der Waals surface area contributed by atoms with Gasteiger partial charge in [0.05, 0.1) is 32.4 Å². The molecule has 1 aliphatic heterocycles. The predicted molar refractivity (Wildman–Crippen MR) is 106 cm³/mol. The molecule has 3 rings (SSSR count). The standard InChI is InChI=1S/C20H26FN5O4/c1-13(2)22-20(28)18-11-25(24-23-18)10-15-8-14(21)9-26(15)19(27)12-30-17-6-4-16(29-3)5-7-17/h4-7,11,13-15H,8-10,12H2,1-3H3,(H,22,28)/t14-,15-/m0/s1. The van der Waals surface area contributed by atoms with E-state index in [2.05, 4.69) is 15.6 Å². The van der Waals surface area contributed by atoms with Crippen molar-refractivity contribution in [1.29, 1.82) is 0 Å². The maximum atomic E-state index is 14.1. The van der Waals surface area contributed by atoms with E-state index in [1.54, 1.807) is 31.4 Å². The molecule has 1 aromatic heterocycles. The normalized spacial score (nSPS) is 18.5. The first-order chi connectivity index (χ1) is 14.4. The summed E-state index contributed by atoms with van der Waals surface area (Å²) in [6.45, 7) is 3.75. The number of nitrogens with one attached hydrogen (secondary N) is 1. The molecular formula is C20H26FN5O4. The van der Waals surface area contributed by atoms with Crippen LogP contribution in [0.5, 0.6) is 11.5 Å². The molecule has 2 aromatic rings. The Morgan fingerprint density at radius 1 is 1.27 bits per heavy atom. The second kappa shape index (κ2) is 9.55. The molecule has 1 saturated heterocycles. The number of amides is 2. The van der Waals surface area contributed by atoms with E-state index in [1.165, 1.54) is 15.8 Å². The Bertz CT molecular complexity index is 870. The van der Waals surface area contributed by atoms with Gasteiger partial charge in [-0.25, -0.2) is 9.07 Å². The molecule has 162 valence electrons. The second-order valence-electron chi connectivity index (χ2n) is 7.45. The van der Waals surface area contributed by atoms with Crippen molar-refractivity contribution in [3.05, 3.63) is 36.2 Å². The first-order valence-electron chi connectivity index (χ1n) is 9.77. The summed E-state index contributed by atoms with van der Waals surface area (Å²) in [6, 6.07) is 6.44. The molecule has 2 heterocycles. The number of hydrogen-bond acceptors (Lipinski definition) is 6. The van der Waals surface area contributed by atoms with Crippen LogP contribution < -0.4 is 14.8 Å². The maximum Gasteiger partial charge on any atom is 0.273 e. The lowest BCUT2D eigenvalue weighted by Crippen LogP contribution is -2.41. The van der Waals surface area contributed by atoms with Gasteiger partial charge >= 0.3 is 0 Å². The number of ether oxygens (including phenoxy) is 2. The lowest BCUT2D eigenvalue weighted by atomic mass is 10.2. The van der Waals surface area contributed by atoms with Crippen molar-refractivity contribution in [2.24, 2.45) is 0 Å². The smallest absolute Gasteiger partial charge is 0.273 e. The molecule has 1 fully saturated rings. The van der Waals surface area contributed by atoms with Gasteiger partial charge in [-0.05, 0) is 38.1 Å². The molecule has 0 saturated carbocycles. The molecule has 0 radical (unpaired) electrons. The van der Waals surface area contributed by atoms with Gasteiger partial charge in [0.2, 0.25) is 0 Å². The number of carbonyl (C=O) groups is 2. The lowest BCUT2D eigenvalue weighted by molar-refractivity contribution is -0.134. The summed E-state index contributed by atoms with van der Waals surface area (Å²) < 4.78 is 26.1. The van der Waals surface area contributed by atoms with Crippen molar-refractivity contribution < 1.29 is 23.5 Å². The largest absolute Gasteiger partial charge is 0.497 e. The Morgan fingerprint density at radius 3 is 2.63 bits per heavy atom. The van der Waals surface area contributed by atoms with Gasteiger partial charge in [-0.3, -0.25) is 9.59 Å². The Kier molecular flexibility index (Phi) is 6.86. The van der Waals surface area contributed by atoms with Crippen LogP contribution in [0.4, 0.5) is 4.39 Å². The number of rotatable bonds is 8. The summed E-state index contributed by atoms with van der Waals surface area (Å²) in [4.78, 5) is 26.1. The fourth-order valence-corrected chi connectivity index (χ4v) is 3.28. The van der Waals surface area contributed by atoms with Crippen molar-refractivity contribution in [2.75, 3.05) is 20.3 Å². The SMILES string of the molecule is COc1ccc(OCC(=O)N2C[C@@H](F)C[C@H]2Cn2cc(C(=O)NC(C)C)nn2)cc1. The molecule has 9 nitrogen and oxygen atoms in total. The molecule has 1 aliphatic rings. The van der Waals surface area contributed by atoms with Gasteiger partial charge in [-0.15, -0.1) is 5.10 Å². The highest BCUT2D eigenvalue weighted by atomic mass is 19.1. The summed E-state index contributed by atoms with van der Waals surface area (Å²) in [5.74, 6) is 0.567. The Morgan fingerprint density at radius 2 is 1.97 bits per heavy atom. The van der Waals surface area contributed by atoms with Crippen molar-refractivity contribution in [3.8, 4) is 11.5 Å². The number of nitrogens with zero attached hydrogens (tertiary/aromatic N) is 4. The van der Waals surface area contributed by atoms with Gasteiger partial charge in [-0.2, -0.15) is 0 Å². The van der Waals surface area contributed by atoms with Crippen molar-refractivity contribution >= 4 is 11.8 Å². The summed E-state index contributed by atoms with van der Waals surface area (Å²) in [7, 11) is 1.56. The van der Waals surface area contributed by atoms with Gasteiger partial charge in [0, 0.05) is 12.5 Å². The topological polar surface area (TPSA) is 98.6 Å². The molecule has 30 heavy (non-hydrogen) atoms. The number of hydrogen-bond donors (Lipinski definition) is 1. The molecule has 2 amide bonds. The van der Waals surface area contributed by atoms with Gasteiger partial charge in [0.25, 0.3) is 11.8 Å². The van der Waals surface area contributed by atoms with E-state index in [9.17, 15) is 14.0 Å². The van der Waals surface area contributed by atoms with Crippen LogP contribution in [0.25, 0.3) is 0 Å². The quantitative estimate of drug-likeness (QED) is 0.695. The number of halogens is 1. The van der Waals surface area contributed by atoms with Gasteiger partial charge in [0.1, 0.15) is 17.7 Å². The molecule has 0 unspecified atom stereocenters. The van der Waals surface area contributed by atoms with Crippen LogP contribution in [0, 0.1) is 0 Å². The summed E-state index contributed by atoms with van der Waals surface area (Å²) in [5, 5.41) is 10.5. The minimum absolute atomic E-state index is 0.00482. The highest BCUT2D eigenvalue weighted by Crippen LogP contribution is 2.23. The molecule has 1 aromatic carbocycles. The van der Waals surface area contributed by atoms with Crippen LogP contribution in [0.2, 0.25) is 0 Å². The zero-order valence-electron chi connectivity index (χ0n) is 17.2. The lowest BCUT2D eigenvalue weighted by Gasteiger charge is -2.24. The van der Waals surface area contributed by atoms with Crippen molar-refractivity contribution in [2.45, 2.75) is 45.1 Å². The summed E-state index contributed by atoms with van der Waals surface area (Å²) >= 11 is 0. The number of methoxy groups -OCH3 is 1. The van der Waals surface area contributed by atoms with E-state index >= 15 is 0 Å². The Balaban J connectivity index is 1.58.